The number of carbonyl (C=O) groups is 3. The van der Waals surface area contributed by atoms with Crippen molar-refractivity contribution in [2.75, 3.05) is 12.5 Å². The number of benzene rings is 2. The van der Waals surface area contributed by atoms with E-state index < -0.39 is 0 Å². The molecule has 3 amide bonds. The molecule has 0 saturated heterocycles. The highest BCUT2D eigenvalue weighted by molar-refractivity contribution is 7.98. The van der Waals surface area contributed by atoms with Gasteiger partial charge in [-0.15, -0.1) is 23.5 Å². The Labute approximate surface area is 348 Å². The molecule has 0 aliphatic heterocycles. The molecule has 0 radical (unpaired) electrons. The molecule has 11 nitrogen and oxygen atoms in total. The summed E-state index contributed by atoms with van der Waals surface area (Å²) in [5.41, 5.74) is 0.872. The lowest BCUT2D eigenvalue weighted by molar-refractivity contribution is -0.122. The first-order chi connectivity index (χ1) is 27.8. The molecular formula is C43H51ClN6O5S2. The predicted molar refractivity (Wildman–Crippen MR) is 227 cm³/mol. The first-order valence-corrected chi connectivity index (χ1v) is 22.4. The minimum absolute atomic E-state index is 0.0944. The van der Waals surface area contributed by atoms with Crippen molar-refractivity contribution in [3.63, 3.8) is 0 Å². The first kappa shape index (κ1) is 42.3. The maximum Gasteiger partial charge on any atom is 0.257 e. The second kappa shape index (κ2) is 21.5. The number of nitrogens with zero attached hydrogens (tertiary/aromatic N) is 2. The van der Waals surface area contributed by atoms with E-state index in [9.17, 15) is 14.4 Å². The Balaban J connectivity index is 0.000000196. The third kappa shape index (κ3) is 13.1. The molecule has 0 spiro atoms. The SMILES string of the molecule is CSc1cccc(Oc2ncccc2C(=O)NC2CCC(NC(=O)CC3CC3)CC2)c1.CSc1cccc(Oc2ncccc2C(=O)NC2CCC(NCl)CC2)c1. The van der Waals surface area contributed by atoms with Crippen LogP contribution in [0.2, 0.25) is 0 Å². The quantitative estimate of drug-likeness (QED) is 0.0719. The normalized spacial score (nSPS) is 20.3. The number of hydrogen-bond acceptors (Lipinski definition) is 10. The maximum absolute atomic E-state index is 12.9. The van der Waals surface area contributed by atoms with Crippen molar-refractivity contribution in [2.45, 2.75) is 105 Å². The van der Waals surface area contributed by atoms with Gasteiger partial charge in [0.25, 0.3) is 11.8 Å². The van der Waals surface area contributed by atoms with E-state index in [2.05, 4.69) is 30.8 Å². The van der Waals surface area contributed by atoms with Crippen LogP contribution in [0, 0.1) is 5.92 Å². The third-order valence-corrected chi connectivity index (χ3v) is 12.1. The highest BCUT2D eigenvalue weighted by Gasteiger charge is 2.29. The predicted octanol–water partition coefficient (Wildman–Crippen LogP) is 8.93. The van der Waals surface area contributed by atoms with Crippen molar-refractivity contribution in [3.05, 3.63) is 96.3 Å². The monoisotopic (exact) mass is 830 g/mol. The number of aromatic nitrogens is 2. The third-order valence-electron chi connectivity index (χ3n) is 10.4. The van der Waals surface area contributed by atoms with Gasteiger partial charge >= 0.3 is 0 Å². The lowest BCUT2D eigenvalue weighted by atomic mass is 9.91. The molecule has 57 heavy (non-hydrogen) atoms. The molecule has 4 aromatic rings. The molecule has 302 valence electrons. The molecule has 3 aliphatic carbocycles. The van der Waals surface area contributed by atoms with E-state index in [1.165, 1.54) is 12.8 Å². The first-order valence-electron chi connectivity index (χ1n) is 19.6. The van der Waals surface area contributed by atoms with Crippen LogP contribution in [0.1, 0.15) is 91.3 Å². The molecule has 2 heterocycles. The van der Waals surface area contributed by atoms with Crippen molar-refractivity contribution in [1.82, 2.24) is 30.8 Å². The summed E-state index contributed by atoms with van der Waals surface area (Å²) >= 11 is 8.95. The Morgan fingerprint density at radius 3 is 1.47 bits per heavy atom. The second-order valence-electron chi connectivity index (χ2n) is 14.6. The Morgan fingerprint density at radius 2 is 1.05 bits per heavy atom. The van der Waals surface area contributed by atoms with Gasteiger partial charge in [0, 0.05) is 52.8 Å². The topological polar surface area (TPSA) is 144 Å². The van der Waals surface area contributed by atoms with E-state index in [0.29, 0.717) is 52.8 Å². The van der Waals surface area contributed by atoms with E-state index in [1.54, 1.807) is 60.2 Å². The second-order valence-corrected chi connectivity index (χ2v) is 16.6. The number of thioether (sulfide) groups is 2. The molecule has 0 atom stereocenters. The summed E-state index contributed by atoms with van der Waals surface area (Å²) in [7, 11) is 0. The summed E-state index contributed by atoms with van der Waals surface area (Å²) < 4.78 is 11.8. The molecule has 4 N–H and O–H groups in total. The maximum atomic E-state index is 12.9. The van der Waals surface area contributed by atoms with Gasteiger partial charge in [0.15, 0.2) is 0 Å². The Kier molecular flexibility index (Phi) is 15.9. The van der Waals surface area contributed by atoms with Gasteiger partial charge in [-0.1, -0.05) is 12.1 Å². The summed E-state index contributed by atoms with van der Waals surface area (Å²) in [4.78, 5) is 51.2. The average molecular weight is 832 g/mol. The van der Waals surface area contributed by atoms with Crippen LogP contribution in [0.4, 0.5) is 0 Å². The zero-order valence-electron chi connectivity index (χ0n) is 32.4. The largest absolute Gasteiger partial charge is 0.438 e. The number of nitrogens with one attached hydrogen (secondary N) is 4. The highest BCUT2D eigenvalue weighted by atomic mass is 35.5. The number of pyridine rings is 2. The van der Waals surface area contributed by atoms with Crippen LogP contribution in [0.15, 0.2) is 95.0 Å². The van der Waals surface area contributed by atoms with E-state index >= 15 is 0 Å². The highest BCUT2D eigenvalue weighted by Crippen LogP contribution is 2.33. The van der Waals surface area contributed by atoms with Crippen LogP contribution in [0.5, 0.6) is 23.3 Å². The average Bonchev–Trinajstić information content (AvgIpc) is 4.06. The molecule has 14 heteroatoms. The molecule has 3 fully saturated rings. The van der Waals surface area contributed by atoms with Crippen LogP contribution in [-0.2, 0) is 4.79 Å². The lowest BCUT2D eigenvalue weighted by Gasteiger charge is -2.29. The van der Waals surface area contributed by atoms with E-state index in [1.807, 2.05) is 61.0 Å². The van der Waals surface area contributed by atoms with Crippen LogP contribution in [0.3, 0.4) is 0 Å². The molecule has 3 saturated carbocycles. The van der Waals surface area contributed by atoms with E-state index in [4.69, 9.17) is 21.3 Å². The van der Waals surface area contributed by atoms with E-state index in [0.717, 1.165) is 61.2 Å². The summed E-state index contributed by atoms with van der Waals surface area (Å²) in [5.74, 6) is 2.40. The standard InChI is InChI=1S/C24H29N3O3S.C19H22ClN3O2S/c1-31-20-5-2-4-19(15-20)30-24-21(6-3-13-25-24)23(29)27-18-11-9-17(10-12-18)26-22(28)14-16-7-8-16;1-26-16-5-2-4-15(12-16)25-19-17(6-3-11-21-19)18(24)22-13-7-9-14(23-20)10-8-13/h2-6,13,15-18H,7-12,14H2,1H3,(H,26,28)(H,27,29);2-6,11-14,23H,7-10H2,1H3,(H,22,24). The van der Waals surface area contributed by atoms with Gasteiger partial charge in [0.05, 0.1) is 0 Å². The number of carbonyl (C=O) groups excluding carboxylic acids is 3. The summed E-state index contributed by atoms with van der Waals surface area (Å²) in [6.45, 7) is 0. The Hall–Kier alpha value is -4.30. The molecule has 2 aromatic carbocycles. The van der Waals surface area contributed by atoms with Gasteiger partial charge in [0.2, 0.25) is 17.7 Å². The lowest BCUT2D eigenvalue weighted by Crippen LogP contribution is -2.43. The fraction of sp³-hybridized carbons (Fsp3) is 0.419. The number of ether oxygens (including phenoxy) is 2. The molecule has 0 unspecified atom stereocenters. The fourth-order valence-electron chi connectivity index (χ4n) is 6.97. The van der Waals surface area contributed by atoms with Crippen molar-refractivity contribution in [1.29, 1.82) is 0 Å². The Morgan fingerprint density at radius 1 is 0.614 bits per heavy atom. The summed E-state index contributed by atoms with van der Waals surface area (Å²) in [6.07, 6.45) is 17.5. The fourth-order valence-corrected chi connectivity index (χ4v) is 8.08. The molecule has 3 aliphatic rings. The summed E-state index contributed by atoms with van der Waals surface area (Å²) in [5, 5.41) is 9.38. The van der Waals surface area contributed by atoms with Gasteiger partial charge < -0.3 is 25.4 Å². The van der Waals surface area contributed by atoms with Crippen LogP contribution < -0.4 is 30.3 Å². The van der Waals surface area contributed by atoms with Crippen molar-refractivity contribution in [2.24, 2.45) is 5.92 Å². The number of hydrogen-bond donors (Lipinski definition) is 4. The van der Waals surface area contributed by atoms with Crippen LogP contribution in [0.25, 0.3) is 0 Å². The van der Waals surface area contributed by atoms with E-state index in [-0.39, 0.29) is 35.8 Å². The molecule has 0 bridgehead atoms. The van der Waals surface area contributed by atoms with Crippen molar-refractivity contribution in [3.8, 4) is 23.3 Å². The van der Waals surface area contributed by atoms with Crippen LogP contribution in [-0.4, -0.2) is 64.4 Å². The summed E-state index contributed by atoms with van der Waals surface area (Å²) in [6, 6.07) is 23.2. The zero-order chi connectivity index (χ0) is 40.0. The van der Waals surface area contributed by atoms with Gasteiger partial charge in [-0.3, -0.25) is 14.4 Å². The van der Waals surface area contributed by atoms with Gasteiger partial charge in [-0.25, -0.2) is 14.8 Å². The van der Waals surface area contributed by atoms with Crippen molar-refractivity contribution < 1.29 is 23.9 Å². The minimum Gasteiger partial charge on any atom is -0.438 e. The minimum atomic E-state index is -0.176. The smallest absolute Gasteiger partial charge is 0.257 e. The number of amides is 3. The van der Waals surface area contributed by atoms with Crippen LogP contribution >= 0.6 is 35.3 Å². The number of rotatable bonds is 14. The molecule has 2 aromatic heterocycles. The van der Waals surface area contributed by atoms with Gasteiger partial charge in [-0.2, -0.15) is 0 Å². The van der Waals surface area contributed by atoms with Gasteiger partial charge in [-0.05, 0) is 155 Å². The molecule has 7 rings (SSSR count). The molecular weight excluding hydrogens is 780 g/mol. The zero-order valence-corrected chi connectivity index (χ0v) is 34.8. The van der Waals surface area contributed by atoms with Crippen molar-refractivity contribution >= 4 is 53.0 Å². The Bertz CT molecular complexity index is 1950. The van der Waals surface area contributed by atoms with Gasteiger partial charge in [0.1, 0.15) is 22.6 Å². The number of halogens is 1.